The predicted molar refractivity (Wildman–Crippen MR) is 118 cm³/mol. The molecule has 2 nitrogen and oxygen atoms in total. The van der Waals surface area contributed by atoms with Gasteiger partial charge in [-0.15, -0.1) is 11.3 Å². The molecule has 0 saturated carbocycles. The highest BCUT2D eigenvalue weighted by Crippen LogP contribution is 2.42. The van der Waals surface area contributed by atoms with Crippen molar-refractivity contribution >= 4 is 53.3 Å². The summed E-state index contributed by atoms with van der Waals surface area (Å²) >= 11 is 1.93. The van der Waals surface area contributed by atoms with Gasteiger partial charge in [0.1, 0.15) is 7.05 Å². The van der Waals surface area contributed by atoms with Gasteiger partial charge in [-0.1, -0.05) is 26.8 Å². The van der Waals surface area contributed by atoms with Gasteiger partial charge in [0.25, 0.3) is 0 Å². The van der Waals surface area contributed by atoms with Gasteiger partial charge >= 0.3 is 0 Å². The fraction of sp³-hybridized carbons (Fsp3) is 0.292. The highest BCUT2D eigenvalue weighted by Gasteiger charge is 2.20. The summed E-state index contributed by atoms with van der Waals surface area (Å²) < 4.78 is 7.26. The van der Waals surface area contributed by atoms with Gasteiger partial charge in [0.15, 0.2) is 6.20 Å². The molecule has 5 rings (SSSR count). The molecule has 0 unspecified atom stereocenters. The van der Waals surface area contributed by atoms with Gasteiger partial charge in [-0.05, 0) is 41.0 Å². The fourth-order valence-corrected chi connectivity index (χ4v) is 5.59. The second-order valence-electron chi connectivity index (χ2n) is 8.80. The number of rotatable bonds is 0. The van der Waals surface area contributed by atoms with Crippen LogP contribution in [0.1, 0.15) is 31.9 Å². The number of aromatic nitrogens is 2. The number of hydrogen-bond acceptors (Lipinski definition) is 1. The topological polar surface area (TPSA) is 8.81 Å². The molecule has 0 fully saturated rings. The number of benzene rings is 2. The lowest BCUT2D eigenvalue weighted by Gasteiger charge is -2.22. The normalized spacial score (nSPS) is 12.8. The highest BCUT2D eigenvalue weighted by atomic mass is 32.1. The van der Waals surface area contributed by atoms with Crippen LogP contribution in [0.5, 0.6) is 0 Å². The van der Waals surface area contributed by atoms with Crippen LogP contribution in [0.25, 0.3) is 42.0 Å². The van der Waals surface area contributed by atoms with Gasteiger partial charge < -0.3 is 4.57 Å². The minimum Gasteiger partial charge on any atom is -0.350 e. The van der Waals surface area contributed by atoms with Gasteiger partial charge in [0.2, 0.25) is 5.52 Å². The van der Waals surface area contributed by atoms with Crippen LogP contribution in [0.4, 0.5) is 0 Å². The van der Waals surface area contributed by atoms with Crippen LogP contribution in [0.2, 0.25) is 0 Å². The van der Waals surface area contributed by atoms with Crippen LogP contribution in [0.3, 0.4) is 0 Å². The van der Waals surface area contributed by atoms with Crippen LogP contribution < -0.4 is 4.57 Å². The standard InChI is InChI=1S/C24H25N2S/c1-14-17-8-10-25(5)18(17)13-20-21(14)23-22-15(7-9-26(23)6)11-16(24(2,3)4)12-19(22)27-20/h7-13H,1-6H3/q+1. The van der Waals surface area contributed by atoms with Crippen LogP contribution in [0, 0.1) is 6.92 Å². The number of nitrogens with zero attached hydrogens (tertiary/aromatic N) is 2. The van der Waals surface area contributed by atoms with Gasteiger partial charge in [-0.3, -0.25) is 0 Å². The monoisotopic (exact) mass is 373 g/mol. The summed E-state index contributed by atoms with van der Waals surface area (Å²) in [5, 5.41) is 5.48. The van der Waals surface area contributed by atoms with Crippen LogP contribution in [-0.4, -0.2) is 4.57 Å². The Morgan fingerprint density at radius 2 is 1.74 bits per heavy atom. The predicted octanol–water partition coefficient (Wildman–Crippen LogP) is 6.13. The van der Waals surface area contributed by atoms with Crippen LogP contribution >= 0.6 is 11.3 Å². The maximum atomic E-state index is 2.41. The summed E-state index contributed by atoms with van der Waals surface area (Å²) in [6, 6.07) is 11.7. The van der Waals surface area contributed by atoms with Crippen molar-refractivity contribution < 1.29 is 4.57 Å². The van der Waals surface area contributed by atoms with Crippen molar-refractivity contribution in [2.24, 2.45) is 14.1 Å². The Labute approximate surface area is 163 Å². The zero-order chi connectivity index (χ0) is 19.1. The van der Waals surface area contributed by atoms with Crippen molar-refractivity contribution in [1.29, 1.82) is 0 Å². The second kappa shape index (κ2) is 5.32. The molecule has 0 atom stereocenters. The van der Waals surface area contributed by atoms with Crippen molar-refractivity contribution in [2.75, 3.05) is 0 Å². The SMILES string of the molecule is Cc1c2cc[n+](C)c2cc2sc3cc(C(C)(C)C)cc4ccn(C)c(c12)c43. The van der Waals surface area contributed by atoms with E-state index in [2.05, 4.69) is 93.7 Å². The van der Waals surface area contributed by atoms with E-state index in [1.54, 1.807) is 0 Å². The third-order valence-corrected chi connectivity index (χ3v) is 7.02. The lowest BCUT2D eigenvalue weighted by molar-refractivity contribution is -0.642. The van der Waals surface area contributed by atoms with E-state index in [1.807, 2.05) is 11.3 Å². The molecule has 27 heavy (non-hydrogen) atoms. The van der Waals surface area contributed by atoms with E-state index < -0.39 is 0 Å². The molecule has 2 aromatic carbocycles. The summed E-state index contributed by atoms with van der Waals surface area (Å²) in [5.74, 6) is 0. The summed E-state index contributed by atoms with van der Waals surface area (Å²) in [7, 11) is 4.30. The molecule has 3 heterocycles. The van der Waals surface area contributed by atoms with Crippen molar-refractivity contribution in [2.45, 2.75) is 33.1 Å². The largest absolute Gasteiger partial charge is 0.350 e. The number of pyridine rings is 1. The van der Waals surface area contributed by atoms with E-state index in [1.165, 1.54) is 53.1 Å². The molecule has 0 spiro atoms. The van der Waals surface area contributed by atoms with Gasteiger partial charge in [0.05, 0.1) is 10.9 Å². The maximum Gasteiger partial charge on any atom is 0.214 e. The number of aryl methyl sites for hydroxylation is 3. The second-order valence-corrected chi connectivity index (χ2v) is 9.88. The Hall–Kier alpha value is -2.39. The Balaban J connectivity index is 2.08. The molecular formula is C24H25N2S+. The molecule has 5 aromatic rings. The van der Waals surface area contributed by atoms with E-state index in [4.69, 9.17) is 0 Å². The molecule has 0 bridgehead atoms. The van der Waals surface area contributed by atoms with Gasteiger partial charge in [-0.2, -0.15) is 0 Å². The highest BCUT2D eigenvalue weighted by molar-refractivity contribution is 7.25. The molecule has 0 saturated heterocycles. The Morgan fingerprint density at radius 1 is 1.00 bits per heavy atom. The maximum absolute atomic E-state index is 2.41. The summed E-state index contributed by atoms with van der Waals surface area (Å²) in [4.78, 5) is 0. The molecule has 0 N–H and O–H groups in total. The Morgan fingerprint density at radius 3 is 2.48 bits per heavy atom. The average molecular weight is 374 g/mol. The first-order chi connectivity index (χ1) is 12.8. The van der Waals surface area contributed by atoms with Crippen molar-refractivity contribution in [3.05, 3.63) is 53.9 Å². The molecular weight excluding hydrogens is 348 g/mol. The molecule has 0 amide bonds. The smallest absolute Gasteiger partial charge is 0.214 e. The van der Waals surface area contributed by atoms with Gasteiger partial charge in [0, 0.05) is 45.5 Å². The van der Waals surface area contributed by atoms with Gasteiger partial charge in [-0.25, -0.2) is 4.57 Å². The van der Waals surface area contributed by atoms with Crippen LogP contribution in [0.15, 0.2) is 42.7 Å². The van der Waals surface area contributed by atoms with E-state index in [0.29, 0.717) is 0 Å². The number of hydrogen-bond donors (Lipinski definition) is 0. The zero-order valence-electron chi connectivity index (χ0n) is 16.8. The Kier molecular flexibility index (Phi) is 3.31. The molecule has 0 aliphatic carbocycles. The van der Waals surface area contributed by atoms with E-state index in [9.17, 15) is 0 Å². The van der Waals surface area contributed by atoms with E-state index >= 15 is 0 Å². The first-order valence-corrected chi connectivity index (χ1v) is 10.3. The number of fused-ring (bicyclic) bond motifs is 3. The van der Waals surface area contributed by atoms with Crippen molar-refractivity contribution in [1.82, 2.24) is 4.57 Å². The minimum absolute atomic E-state index is 0.141. The molecule has 136 valence electrons. The first kappa shape index (κ1) is 16.8. The lowest BCUT2D eigenvalue weighted by Crippen LogP contribution is -2.24. The molecule has 3 aromatic heterocycles. The zero-order valence-corrected chi connectivity index (χ0v) is 17.7. The minimum atomic E-state index is 0.141. The van der Waals surface area contributed by atoms with Crippen LogP contribution in [-0.2, 0) is 19.5 Å². The lowest BCUT2D eigenvalue weighted by atomic mass is 9.86. The molecule has 0 aliphatic rings. The first-order valence-electron chi connectivity index (χ1n) is 9.49. The third-order valence-electron chi connectivity index (χ3n) is 5.94. The quantitative estimate of drug-likeness (QED) is 0.175. The molecule has 0 radical (unpaired) electrons. The summed E-state index contributed by atoms with van der Waals surface area (Å²) in [5.41, 5.74) is 5.58. The van der Waals surface area contributed by atoms with Crippen molar-refractivity contribution in [3.63, 3.8) is 0 Å². The third kappa shape index (κ3) is 2.28. The summed E-state index contributed by atoms with van der Waals surface area (Å²) in [6.07, 6.45) is 4.38. The Bertz CT molecular complexity index is 1380. The fourth-order valence-electron chi connectivity index (χ4n) is 4.33. The van der Waals surface area contributed by atoms with Crippen molar-refractivity contribution in [3.8, 4) is 0 Å². The molecule has 0 aliphatic heterocycles. The average Bonchev–Trinajstić information content (AvgIpc) is 2.97. The molecule has 3 heteroatoms. The van der Waals surface area contributed by atoms with E-state index in [-0.39, 0.29) is 5.41 Å². The van der Waals surface area contributed by atoms with E-state index in [0.717, 1.165) is 0 Å². The summed E-state index contributed by atoms with van der Waals surface area (Å²) in [6.45, 7) is 9.16.